The van der Waals surface area contributed by atoms with Gasteiger partial charge in [-0.3, -0.25) is 0 Å². The molecule has 0 spiro atoms. The number of para-hydroxylation sites is 1. The lowest BCUT2D eigenvalue weighted by molar-refractivity contribution is 0.0613. The number of nitrogens with two attached hydrogens (primary N) is 1. The molecule has 0 fully saturated rings. The van der Waals surface area contributed by atoms with Gasteiger partial charge in [-0.1, -0.05) is 31.9 Å². The molecule has 1 aromatic heterocycles. The Hall–Kier alpha value is -1.59. The third-order valence-electron chi connectivity index (χ3n) is 3.60. The van der Waals surface area contributed by atoms with Crippen molar-refractivity contribution in [2.45, 2.75) is 39.2 Å². The van der Waals surface area contributed by atoms with Crippen LogP contribution < -0.4 is 10.5 Å². The normalized spacial score (nSPS) is 12.3. The van der Waals surface area contributed by atoms with Crippen LogP contribution >= 0.6 is 11.3 Å². The molecule has 2 N–H and O–H groups in total. The van der Waals surface area contributed by atoms with Crippen LogP contribution in [0.3, 0.4) is 0 Å². The lowest BCUT2D eigenvalue weighted by atomic mass is 10.0. The number of benzene rings is 1. The summed E-state index contributed by atoms with van der Waals surface area (Å²) in [6.07, 6.45) is 3.47. The van der Waals surface area contributed by atoms with Crippen molar-refractivity contribution < 1.29 is 9.47 Å². The number of nitrogens with zero attached hydrogens (tertiary/aromatic N) is 1. The first kappa shape index (κ1) is 16.8. The summed E-state index contributed by atoms with van der Waals surface area (Å²) in [5.41, 5.74) is 8.59. The Bertz CT molecular complexity index is 598. The Morgan fingerprint density at radius 3 is 2.77 bits per heavy atom. The molecule has 0 unspecified atom stereocenters. The molecule has 0 aliphatic carbocycles. The highest BCUT2D eigenvalue weighted by Gasteiger charge is 2.17. The van der Waals surface area contributed by atoms with Crippen LogP contribution in [0.25, 0.3) is 11.3 Å². The average molecular weight is 320 g/mol. The van der Waals surface area contributed by atoms with E-state index in [1.54, 1.807) is 7.11 Å². The van der Waals surface area contributed by atoms with Crippen molar-refractivity contribution in [1.82, 2.24) is 4.98 Å². The number of rotatable bonds is 8. The van der Waals surface area contributed by atoms with Gasteiger partial charge in [0, 0.05) is 23.1 Å². The first-order chi connectivity index (χ1) is 10.7. The Balaban J connectivity index is 2.21. The molecule has 0 radical (unpaired) electrons. The van der Waals surface area contributed by atoms with Crippen LogP contribution in [-0.4, -0.2) is 18.7 Å². The molecule has 120 valence electrons. The number of methoxy groups -OCH3 is 1. The first-order valence-electron chi connectivity index (χ1n) is 7.67. The van der Waals surface area contributed by atoms with Gasteiger partial charge in [0.25, 0.3) is 0 Å². The number of hydrogen-bond acceptors (Lipinski definition) is 5. The number of aromatic nitrogens is 1. The van der Waals surface area contributed by atoms with Gasteiger partial charge >= 0.3 is 0 Å². The molecule has 2 aromatic rings. The summed E-state index contributed by atoms with van der Waals surface area (Å²) >= 11 is 1.43. The van der Waals surface area contributed by atoms with Gasteiger partial charge < -0.3 is 15.2 Å². The van der Waals surface area contributed by atoms with Gasteiger partial charge in [0.05, 0.1) is 18.9 Å². The molecule has 1 aromatic carbocycles. The molecule has 5 heteroatoms. The predicted molar refractivity (Wildman–Crippen MR) is 92.4 cm³/mol. The standard InChI is InChI=1S/C17H24N2O2S/c1-4-5-6-10-21-12(2)13-8-7-9-14(16(13)20-3)15-11-22-17(18)19-15/h7-9,11-12H,4-6,10H2,1-3H3,(H2,18,19)/t12-/m0/s1. The molecule has 4 nitrogen and oxygen atoms in total. The fourth-order valence-electron chi connectivity index (χ4n) is 2.42. The van der Waals surface area contributed by atoms with Gasteiger partial charge in [0.2, 0.25) is 0 Å². The highest BCUT2D eigenvalue weighted by Crippen LogP contribution is 2.37. The van der Waals surface area contributed by atoms with Crippen LogP contribution in [0.15, 0.2) is 23.6 Å². The highest BCUT2D eigenvalue weighted by atomic mass is 32.1. The Morgan fingerprint density at radius 2 is 2.14 bits per heavy atom. The maximum atomic E-state index is 5.95. The number of ether oxygens (including phenoxy) is 2. The Labute approximate surface area is 136 Å². The summed E-state index contributed by atoms with van der Waals surface area (Å²) < 4.78 is 11.6. The van der Waals surface area contributed by atoms with Crippen LogP contribution in [0.4, 0.5) is 5.13 Å². The zero-order valence-electron chi connectivity index (χ0n) is 13.5. The fourth-order valence-corrected chi connectivity index (χ4v) is 2.98. The van der Waals surface area contributed by atoms with Crippen LogP contribution in [0.2, 0.25) is 0 Å². The van der Waals surface area contributed by atoms with Crippen molar-refractivity contribution >= 4 is 16.5 Å². The zero-order valence-corrected chi connectivity index (χ0v) is 14.3. The number of anilines is 1. The summed E-state index contributed by atoms with van der Waals surface area (Å²) in [5.74, 6) is 0.816. The summed E-state index contributed by atoms with van der Waals surface area (Å²) in [6.45, 7) is 5.02. The maximum Gasteiger partial charge on any atom is 0.180 e. The largest absolute Gasteiger partial charge is 0.496 e. The molecule has 22 heavy (non-hydrogen) atoms. The molecule has 1 atom stereocenters. The Morgan fingerprint density at radius 1 is 1.32 bits per heavy atom. The zero-order chi connectivity index (χ0) is 15.9. The minimum Gasteiger partial charge on any atom is -0.496 e. The van der Waals surface area contributed by atoms with Gasteiger partial charge in [-0.2, -0.15) is 0 Å². The van der Waals surface area contributed by atoms with E-state index in [-0.39, 0.29) is 6.10 Å². The van der Waals surface area contributed by atoms with E-state index in [2.05, 4.69) is 18.8 Å². The molecule has 0 aliphatic heterocycles. The molecule has 0 bridgehead atoms. The SMILES string of the molecule is CCCCCO[C@@H](C)c1cccc(-c2csc(N)n2)c1OC. The second kappa shape index (κ2) is 8.15. The molecule has 0 saturated carbocycles. The van der Waals surface area contributed by atoms with Gasteiger partial charge in [-0.15, -0.1) is 11.3 Å². The van der Waals surface area contributed by atoms with E-state index in [9.17, 15) is 0 Å². The summed E-state index contributed by atoms with van der Waals surface area (Å²) in [6, 6.07) is 6.05. The van der Waals surface area contributed by atoms with Crippen molar-refractivity contribution in [3.63, 3.8) is 0 Å². The Kier molecular flexibility index (Phi) is 6.21. The summed E-state index contributed by atoms with van der Waals surface area (Å²) in [4.78, 5) is 4.35. The van der Waals surface area contributed by atoms with Gasteiger partial charge in [-0.05, 0) is 19.4 Å². The number of thiazole rings is 1. The fraction of sp³-hybridized carbons (Fsp3) is 0.471. The van der Waals surface area contributed by atoms with Crippen molar-refractivity contribution in [3.05, 3.63) is 29.1 Å². The van der Waals surface area contributed by atoms with Gasteiger partial charge in [-0.25, -0.2) is 4.98 Å². The third-order valence-corrected chi connectivity index (χ3v) is 4.28. The van der Waals surface area contributed by atoms with Crippen LogP contribution in [0, 0.1) is 0 Å². The molecule has 0 saturated heterocycles. The van der Waals surface area contributed by atoms with Crippen molar-refractivity contribution in [2.24, 2.45) is 0 Å². The second-order valence-corrected chi connectivity index (χ2v) is 6.11. The molecular weight excluding hydrogens is 296 g/mol. The van der Waals surface area contributed by atoms with E-state index in [1.807, 2.05) is 23.6 Å². The summed E-state index contributed by atoms with van der Waals surface area (Å²) in [7, 11) is 1.68. The van der Waals surface area contributed by atoms with E-state index in [1.165, 1.54) is 24.2 Å². The lowest BCUT2D eigenvalue weighted by Crippen LogP contribution is -2.05. The minimum atomic E-state index is -0.0114. The maximum absolute atomic E-state index is 5.95. The van der Waals surface area contributed by atoms with Gasteiger partial charge in [0.15, 0.2) is 5.13 Å². The van der Waals surface area contributed by atoms with E-state index in [0.29, 0.717) is 5.13 Å². The molecule has 2 rings (SSSR count). The minimum absolute atomic E-state index is 0.0114. The van der Waals surface area contributed by atoms with Crippen LogP contribution in [0.5, 0.6) is 5.75 Å². The average Bonchev–Trinajstić information content (AvgIpc) is 2.96. The van der Waals surface area contributed by atoms with E-state index < -0.39 is 0 Å². The molecule has 0 aliphatic rings. The molecule has 1 heterocycles. The van der Waals surface area contributed by atoms with E-state index in [0.717, 1.165) is 35.6 Å². The topological polar surface area (TPSA) is 57.4 Å². The molecule has 0 amide bonds. The lowest BCUT2D eigenvalue weighted by Gasteiger charge is -2.18. The monoisotopic (exact) mass is 320 g/mol. The predicted octanol–water partition coefficient (Wildman–Crippen LogP) is 4.67. The smallest absolute Gasteiger partial charge is 0.180 e. The van der Waals surface area contributed by atoms with Gasteiger partial charge in [0.1, 0.15) is 5.75 Å². The quantitative estimate of drug-likeness (QED) is 0.718. The van der Waals surface area contributed by atoms with Crippen LogP contribution in [-0.2, 0) is 4.74 Å². The van der Waals surface area contributed by atoms with Crippen molar-refractivity contribution in [2.75, 3.05) is 19.5 Å². The highest BCUT2D eigenvalue weighted by molar-refractivity contribution is 7.13. The molecular formula is C17H24N2O2S. The first-order valence-corrected chi connectivity index (χ1v) is 8.55. The third kappa shape index (κ3) is 3.99. The van der Waals surface area contributed by atoms with E-state index >= 15 is 0 Å². The number of unbranched alkanes of at least 4 members (excludes halogenated alkanes) is 2. The summed E-state index contributed by atoms with van der Waals surface area (Å²) in [5, 5.41) is 2.51. The number of hydrogen-bond donors (Lipinski definition) is 1. The second-order valence-electron chi connectivity index (χ2n) is 5.22. The number of nitrogen functional groups attached to an aromatic ring is 1. The van der Waals surface area contributed by atoms with Crippen LogP contribution in [0.1, 0.15) is 44.8 Å². The van der Waals surface area contributed by atoms with Crippen molar-refractivity contribution in [3.8, 4) is 17.0 Å². The van der Waals surface area contributed by atoms with Crippen molar-refractivity contribution in [1.29, 1.82) is 0 Å². The van der Waals surface area contributed by atoms with E-state index in [4.69, 9.17) is 15.2 Å².